The summed E-state index contributed by atoms with van der Waals surface area (Å²) in [6, 6.07) is 17.1. The van der Waals surface area contributed by atoms with E-state index in [0.29, 0.717) is 11.1 Å². The SMILES string of the molecule is O=S(=O)(C/C(=N\O)c1ccccc1)C/C(=N/O)c1ccccc1. The molecule has 0 saturated carbocycles. The first-order valence-electron chi connectivity index (χ1n) is 6.79. The van der Waals surface area contributed by atoms with Crippen LogP contribution in [-0.4, -0.2) is 41.8 Å². The fourth-order valence-electron chi connectivity index (χ4n) is 2.07. The molecule has 0 unspecified atom stereocenters. The lowest BCUT2D eigenvalue weighted by atomic mass is 10.1. The van der Waals surface area contributed by atoms with Crippen LogP contribution in [-0.2, 0) is 9.84 Å². The van der Waals surface area contributed by atoms with Crippen molar-refractivity contribution in [1.29, 1.82) is 0 Å². The van der Waals surface area contributed by atoms with Crippen molar-refractivity contribution in [2.45, 2.75) is 0 Å². The minimum Gasteiger partial charge on any atom is -0.411 e. The molecule has 2 aromatic rings. The Morgan fingerprint density at radius 3 is 1.39 bits per heavy atom. The van der Waals surface area contributed by atoms with E-state index < -0.39 is 21.3 Å². The van der Waals surface area contributed by atoms with Crippen LogP contribution in [0.4, 0.5) is 0 Å². The third-order valence-corrected chi connectivity index (χ3v) is 4.60. The van der Waals surface area contributed by atoms with Crippen molar-refractivity contribution in [2.24, 2.45) is 10.3 Å². The van der Waals surface area contributed by atoms with Gasteiger partial charge in [0.2, 0.25) is 0 Å². The molecule has 23 heavy (non-hydrogen) atoms. The van der Waals surface area contributed by atoms with E-state index in [1.807, 2.05) is 0 Å². The number of hydrogen-bond acceptors (Lipinski definition) is 6. The molecule has 0 aliphatic rings. The highest BCUT2D eigenvalue weighted by Crippen LogP contribution is 2.08. The van der Waals surface area contributed by atoms with Crippen LogP contribution < -0.4 is 0 Å². The van der Waals surface area contributed by atoms with E-state index in [1.54, 1.807) is 60.7 Å². The molecule has 0 heterocycles. The van der Waals surface area contributed by atoms with Crippen LogP contribution in [0.2, 0.25) is 0 Å². The van der Waals surface area contributed by atoms with Crippen molar-refractivity contribution in [1.82, 2.24) is 0 Å². The minimum absolute atomic E-state index is 0.0379. The molecule has 2 rings (SSSR count). The zero-order valence-electron chi connectivity index (χ0n) is 12.2. The Morgan fingerprint density at radius 1 is 0.739 bits per heavy atom. The molecule has 0 amide bonds. The highest BCUT2D eigenvalue weighted by atomic mass is 32.2. The Kier molecular flexibility index (Phi) is 5.48. The Hall–Kier alpha value is -2.67. The summed E-state index contributed by atoms with van der Waals surface area (Å²) in [6.45, 7) is 0. The van der Waals surface area contributed by atoms with E-state index in [4.69, 9.17) is 10.4 Å². The van der Waals surface area contributed by atoms with Crippen LogP contribution in [0.1, 0.15) is 11.1 Å². The maximum Gasteiger partial charge on any atom is 0.161 e. The van der Waals surface area contributed by atoms with Gasteiger partial charge in [-0.3, -0.25) is 0 Å². The van der Waals surface area contributed by atoms with Crippen LogP contribution in [0, 0.1) is 0 Å². The van der Waals surface area contributed by atoms with Gasteiger partial charge in [0.1, 0.15) is 11.4 Å². The number of oxime groups is 2. The van der Waals surface area contributed by atoms with Crippen molar-refractivity contribution in [2.75, 3.05) is 11.5 Å². The monoisotopic (exact) mass is 332 g/mol. The lowest BCUT2D eigenvalue weighted by molar-refractivity contribution is 0.319. The van der Waals surface area contributed by atoms with E-state index in [-0.39, 0.29) is 11.4 Å². The molecule has 7 heteroatoms. The first kappa shape index (κ1) is 16.7. The average molecular weight is 332 g/mol. The first-order valence-corrected chi connectivity index (χ1v) is 8.61. The van der Waals surface area contributed by atoms with Crippen LogP contribution >= 0.6 is 0 Å². The average Bonchev–Trinajstić information content (AvgIpc) is 2.59. The zero-order chi connectivity index (χ0) is 16.7. The molecule has 2 aromatic carbocycles. The molecular weight excluding hydrogens is 316 g/mol. The van der Waals surface area contributed by atoms with E-state index in [0.717, 1.165) is 0 Å². The maximum absolute atomic E-state index is 12.3. The van der Waals surface area contributed by atoms with Crippen LogP contribution in [0.3, 0.4) is 0 Å². The van der Waals surface area contributed by atoms with E-state index in [2.05, 4.69) is 10.3 Å². The van der Waals surface area contributed by atoms with Gasteiger partial charge >= 0.3 is 0 Å². The van der Waals surface area contributed by atoms with Gasteiger partial charge in [-0.05, 0) is 0 Å². The van der Waals surface area contributed by atoms with Crippen molar-refractivity contribution in [3.05, 3.63) is 71.8 Å². The van der Waals surface area contributed by atoms with Crippen LogP contribution in [0.5, 0.6) is 0 Å². The van der Waals surface area contributed by atoms with Gasteiger partial charge in [-0.15, -0.1) is 0 Å². The van der Waals surface area contributed by atoms with Gasteiger partial charge in [0.15, 0.2) is 9.84 Å². The van der Waals surface area contributed by atoms with Gasteiger partial charge in [-0.2, -0.15) is 0 Å². The Morgan fingerprint density at radius 2 is 1.09 bits per heavy atom. The van der Waals surface area contributed by atoms with Crippen LogP contribution in [0.25, 0.3) is 0 Å². The molecule has 0 atom stereocenters. The third-order valence-electron chi connectivity index (χ3n) is 3.17. The third kappa shape index (κ3) is 4.65. The highest BCUT2D eigenvalue weighted by Gasteiger charge is 2.21. The van der Waals surface area contributed by atoms with Crippen molar-refractivity contribution in [3.63, 3.8) is 0 Å². The van der Waals surface area contributed by atoms with Crippen LogP contribution in [0.15, 0.2) is 71.0 Å². The fraction of sp³-hybridized carbons (Fsp3) is 0.125. The molecule has 0 fully saturated rings. The minimum atomic E-state index is -3.68. The summed E-state index contributed by atoms with van der Waals surface area (Å²) < 4.78 is 24.7. The second-order valence-electron chi connectivity index (χ2n) is 4.86. The molecule has 0 spiro atoms. The first-order chi connectivity index (χ1) is 11.1. The molecule has 0 radical (unpaired) electrons. The lowest BCUT2D eigenvalue weighted by Crippen LogP contribution is -2.25. The molecule has 6 nitrogen and oxygen atoms in total. The summed E-state index contributed by atoms with van der Waals surface area (Å²) in [7, 11) is -3.68. The van der Waals surface area contributed by atoms with Crippen molar-refractivity contribution in [3.8, 4) is 0 Å². The van der Waals surface area contributed by atoms with Gasteiger partial charge in [0.25, 0.3) is 0 Å². The fourth-order valence-corrected chi connectivity index (χ4v) is 3.45. The normalized spacial score (nSPS) is 13.0. The van der Waals surface area contributed by atoms with E-state index in [1.165, 1.54) is 0 Å². The van der Waals surface area contributed by atoms with E-state index >= 15 is 0 Å². The second kappa shape index (κ2) is 7.55. The zero-order valence-corrected chi connectivity index (χ0v) is 13.0. The molecule has 120 valence electrons. The summed E-state index contributed by atoms with van der Waals surface area (Å²) in [5.74, 6) is -0.918. The molecule has 0 saturated heterocycles. The van der Waals surface area contributed by atoms with Gasteiger partial charge in [0.05, 0.1) is 11.5 Å². The van der Waals surface area contributed by atoms with Gasteiger partial charge in [-0.25, -0.2) is 8.42 Å². The number of hydrogen-bond donors (Lipinski definition) is 2. The summed E-state index contributed by atoms with van der Waals surface area (Å²) in [5.41, 5.74) is 1.11. The summed E-state index contributed by atoms with van der Waals surface area (Å²) in [5, 5.41) is 24.4. The number of sulfone groups is 1. The summed E-state index contributed by atoms with van der Waals surface area (Å²) in [4.78, 5) is 0. The maximum atomic E-state index is 12.3. The number of rotatable bonds is 6. The van der Waals surface area contributed by atoms with Crippen molar-refractivity contribution < 1.29 is 18.8 Å². The molecule has 0 aromatic heterocycles. The smallest absolute Gasteiger partial charge is 0.161 e. The molecule has 2 N–H and O–H groups in total. The quantitative estimate of drug-likeness (QED) is 0.481. The van der Waals surface area contributed by atoms with Crippen molar-refractivity contribution >= 4 is 21.3 Å². The Balaban J connectivity index is 2.19. The Labute approximate surface area is 134 Å². The lowest BCUT2D eigenvalue weighted by Gasteiger charge is -2.08. The predicted octanol–water partition coefficient (Wildman–Crippen LogP) is 2.16. The molecule has 0 bridgehead atoms. The number of nitrogens with zero attached hydrogens (tertiary/aromatic N) is 2. The highest BCUT2D eigenvalue weighted by molar-refractivity contribution is 7.92. The van der Waals surface area contributed by atoms with Gasteiger partial charge in [0, 0.05) is 11.1 Å². The topological polar surface area (TPSA) is 99.3 Å². The second-order valence-corrected chi connectivity index (χ2v) is 6.92. The molecule has 0 aliphatic carbocycles. The Bertz CT molecular complexity index is 737. The predicted molar refractivity (Wildman–Crippen MR) is 88.2 cm³/mol. The number of benzene rings is 2. The van der Waals surface area contributed by atoms with E-state index in [9.17, 15) is 8.42 Å². The van der Waals surface area contributed by atoms with Gasteiger partial charge < -0.3 is 10.4 Å². The largest absolute Gasteiger partial charge is 0.411 e. The van der Waals surface area contributed by atoms with Gasteiger partial charge in [-0.1, -0.05) is 71.0 Å². The molecule has 0 aliphatic heterocycles. The standard InChI is InChI=1S/C16H16N2O4S/c19-17-15(13-7-3-1-4-8-13)11-23(21,22)12-16(18-20)14-9-5-2-6-10-14/h1-10,19-20H,11-12H2/b17-15-,18-16+. The summed E-state index contributed by atoms with van der Waals surface area (Å²) >= 11 is 0. The molecular formula is C16H16N2O4S. The summed E-state index contributed by atoms with van der Waals surface area (Å²) in [6.07, 6.45) is 0.